The van der Waals surface area contributed by atoms with Crippen molar-refractivity contribution in [2.75, 3.05) is 11.5 Å². The Morgan fingerprint density at radius 3 is 1.85 bits per heavy atom. The Labute approximate surface area is 146 Å². The van der Waals surface area contributed by atoms with Gasteiger partial charge in [-0.15, -0.1) is 0 Å². The highest BCUT2D eigenvalue weighted by molar-refractivity contribution is 7.92. The van der Waals surface area contributed by atoms with Crippen LogP contribution in [0.5, 0.6) is 0 Å². The van der Waals surface area contributed by atoms with Crippen molar-refractivity contribution in [3.8, 4) is 0 Å². The van der Waals surface area contributed by atoms with Crippen LogP contribution in [-0.4, -0.2) is 48.7 Å². The van der Waals surface area contributed by atoms with E-state index in [0.717, 1.165) is 0 Å². The quantitative estimate of drug-likeness (QED) is 0.489. The summed E-state index contributed by atoms with van der Waals surface area (Å²) in [5.74, 6) is -22.7. The molecule has 0 bridgehead atoms. The highest BCUT2D eigenvalue weighted by Crippen LogP contribution is 2.56. The molecule has 27 heavy (non-hydrogen) atoms. The number of rotatable bonds is 7. The Hall–Kier alpha value is -1.86. The number of carbonyl (C=O) groups is 1. The highest BCUT2D eigenvalue weighted by atomic mass is 32.2. The van der Waals surface area contributed by atoms with Crippen molar-refractivity contribution >= 4 is 15.6 Å². The van der Waals surface area contributed by atoms with E-state index in [-0.39, 0.29) is 12.3 Å². The Bertz CT molecular complexity index is 801. The summed E-state index contributed by atoms with van der Waals surface area (Å²) in [5, 5.41) is 0. The summed E-state index contributed by atoms with van der Waals surface area (Å²) >= 11 is 0. The molecule has 154 valence electrons. The van der Waals surface area contributed by atoms with Gasteiger partial charge in [-0.3, -0.25) is 9.78 Å². The zero-order valence-corrected chi connectivity index (χ0v) is 13.9. The maximum atomic E-state index is 13.7. The number of carbonyl (C=O) groups excluding carboxylic acids is 1. The van der Waals surface area contributed by atoms with E-state index in [2.05, 4.69) is 4.98 Å². The van der Waals surface area contributed by atoms with Crippen LogP contribution in [0.1, 0.15) is 23.0 Å². The summed E-state index contributed by atoms with van der Waals surface area (Å²) < 4.78 is 138. The van der Waals surface area contributed by atoms with Gasteiger partial charge in [-0.05, 0) is 12.1 Å². The summed E-state index contributed by atoms with van der Waals surface area (Å²) in [4.78, 5) is 14.6. The monoisotopic (exact) mass is 431 g/mol. The summed E-state index contributed by atoms with van der Waals surface area (Å²) in [6.07, 6.45) is -7.16. The number of ketones is 1. The Morgan fingerprint density at radius 1 is 0.963 bits per heavy atom. The van der Waals surface area contributed by atoms with Gasteiger partial charge in [0.05, 0.1) is 0 Å². The molecule has 0 fully saturated rings. The molecule has 0 atom stereocenters. The van der Waals surface area contributed by atoms with E-state index in [1.807, 2.05) is 0 Å². The minimum atomic E-state index is -7.06. The van der Waals surface area contributed by atoms with Gasteiger partial charge in [-0.1, -0.05) is 6.92 Å². The normalized spacial score (nSPS) is 14.3. The van der Waals surface area contributed by atoms with Crippen LogP contribution in [-0.2, 0) is 15.8 Å². The average Bonchev–Trinajstić information content (AvgIpc) is 2.53. The molecule has 0 saturated heterocycles. The fourth-order valence-corrected chi connectivity index (χ4v) is 2.43. The predicted octanol–water partition coefficient (Wildman–Crippen LogP) is 3.62. The second-order valence-electron chi connectivity index (χ2n) is 5.25. The van der Waals surface area contributed by atoms with Crippen LogP contribution in [0.25, 0.3) is 0 Å². The van der Waals surface area contributed by atoms with Crippen LogP contribution in [0.4, 0.5) is 39.5 Å². The molecule has 0 N–H and O–H groups in total. The maximum Gasteiger partial charge on any atom is 0.460 e. The molecule has 1 rings (SSSR count). The van der Waals surface area contributed by atoms with Crippen LogP contribution < -0.4 is 0 Å². The molecule has 0 spiro atoms. The molecular formula is C13H10F9NO3S. The number of alkyl halides is 9. The summed E-state index contributed by atoms with van der Waals surface area (Å²) in [7, 11) is -3.85. The number of hydrogen-bond acceptors (Lipinski definition) is 4. The van der Waals surface area contributed by atoms with Gasteiger partial charge in [0.1, 0.15) is 11.4 Å². The van der Waals surface area contributed by atoms with Gasteiger partial charge in [-0.2, -0.15) is 39.5 Å². The largest absolute Gasteiger partial charge is 0.460 e. The second kappa shape index (κ2) is 6.95. The number of sulfone groups is 1. The fraction of sp³-hybridized carbons (Fsp3) is 0.538. The van der Waals surface area contributed by atoms with Crippen molar-refractivity contribution in [3.63, 3.8) is 0 Å². The lowest BCUT2D eigenvalue weighted by atomic mass is 9.98. The molecule has 1 heterocycles. The molecule has 1 aromatic heterocycles. The number of hydrogen-bond donors (Lipinski definition) is 0. The van der Waals surface area contributed by atoms with Crippen molar-refractivity contribution in [2.24, 2.45) is 0 Å². The van der Waals surface area contributed by atoms with Gasteiger partial charge < -0.3 is 0 Å². The predicted molar refractivity (Wildman–Crippen MR) is 72.7 cm³/mol. The summed E-state index contributed by atoms with van der Waals surface area (Å²) in [6.45, 7) is 1.20. The van der Waals surface area contributed by atoms with Crippen molar-refractivity contribution in [2.45, 2.75) is 30.9 Å². The first-order valence-corrected chi connectivity index (χ1v) is 8.63. The van der Waals surface area contributed by atoms with Crippen LogP contribution in [0, 0.1) is 0 Å². The molecule has 0 aliphatic heterocycles. The molecule has 0 amide bonds. The number of halogens is 9. The lowest BCUT2D eigenvalue weighted by Gasteiger charge is -2.33. The van der Waals surface area contributed by atoms with Crippen molar-refractivity contribution in [1.29, 1.82) is 0 Å². The lowest BCUT2D eigenvalue weighted by molar-refractivity contribution is -0.399. The lowest BCUT2D eigenvalue weighted by Crippen LogP contribution is -2.59. The van der Waals surface area contributed by atoms with Crippen molar-refractivity contribution in [3.05, 3.63) is 29.6 Å². The Morgan fingerprint density at radius 2 is 1.48 bits per heavy atom. The van der Waals surface area contributed by atoms with E-state index in [1.165, 1.54) is 6.92 Å². The van der Waals surface area contributed by atoms with Gasteiger partial charge in [-0.25, -0.2) is 8.42 Å². The third kappa shape index (κ3) is 4.19. The molecule has 4 nitrogen and oxygen atoms in total. The Kier molecular flexibility index (Phi) is 5.96. The molecular weight excluding hydrogens is 421 g/mol. The van der Waals surface area contributed by atoms with Crippen LogP contribution in [0.15, 0.2) is 18.3 Å². The van der Waals surface area contributed by atoms with E-state index in [1.54, 1.807) is 0 Å². The van der Waals surface area contributed by atoms with Gasteiger partial charge in [0.2, 0.25) is 0 Å². The van der Waals surface area contributed by atoms with Gasteiger partial charge in [0.25, 0.3) is 0 Å². The van der Waals surface area contributed by atoms with E-state index in [0.29, 0.717) is 6.07 Å². The summed E-state index contributed by atoms with van der Waals surface area (Å²) in [5.41, 5.74) is -2.80. The zero-order valence-electron chi connectivity index (χ0n) is 13.1. The number of nitrogens with zero attached hydrogens (tertiary/aromatic N) is 1. The van der Waals surface area contributed by atoms with Crippen LogP contribution in [0.3, 0.4) is 0 Å². The first kappa shape index (κ1) is 23.2. The first-order chi connectivity index (χ1) is 11.9. The van der Waals surface area contributed by atoms with E-state index >= 15 is 0 Å². The van der Waals surface area contributed by atoms with Crippen LogP contribution >= 0.6 is 0 Å². The van der Waals surface area contributed by atoms with Crippen molar-refractivity contribution < 1.29 is 52.7 Å². The SMILES string of the molecule is CCS(=O)(=O)CC(=O)c1ccc(C(F)(F)C(F)(F)C(F)(F)C(F)(F)F)cn1. The first-order valence-electron chi connectivity index (χ1n) is 6.81. The highest BCUT2D eigenvalue weighted by Gasteiger charge is 2.82. The van der Waals surface area contributed by atoms with Gasteiger partial charge in [0.15, 0.2) is 15.6 Å². The molecule has 0 saturated carbocycles. The molecule has 14 heteroatoms. The minimum absolute atomic E-state index is 0.0147. The number of Topliss-reactive ketones (excluding diaryl/α,β-unsaturated/α-hetero) is 1. The average molecular weight is 431 g/mol. The smallest absolute Gasteiger partial charge is 0.291 e. The summed E-state index contributed by atoms with van der Waals surface area (Å²) in [6, 6.07) is 0.303. The third-order valence-corrected chi connectivity index (χ3v) is 4.93. The fourth-order valence-electron chi connectivity index (χ4n) is 1.68. The van der Waals surface area contributed by atoms with E-state index in [9.17, 15) is 52.7 Å². The second-order valence-corrected chi connectivity index (χ2v) is 7.61. The van der Waals surface area contributed by atoms with E-state index in [4.69, 9.17) is 0 Å². The third-order valence-electron chi connectivity index (χ3n) is 3.35. The number of aromatic nitrogens is 1. The number of pyridine rings is 1. The molecule has 0 unspecified atom stereocenters. The zero-order chi connectivity index (χ0) is 21.5. The standard InChI is InChI=1S/C13H10F9NO3S/c1-2-27(25,26)6-9(24)8-4-3-7(5-23-8)10(14,15)11(16,17)12(18,19)13(20,21)22/h3-5H,2,6H2,1H3. The Balaban J connectivity index is 3.25. The van der Waals surface area contributed by atoms with Crippen molar-refractivity contribution in [1.82, 2.24) is 4.98 Å². The van der Waals surface area contributed by atoms with Gasteiger partial charge >= 0.3 is 23.9 Å². The molecule has 0 aliphatic carbocycles. The molecule has 1 aromatic rings. The topological polar surface area (TPSA) is 64.1 Å². The minimum Gasteiger partial charge on any atom is -0.291 e. The van der Waals surface area contributed by atoms with Gasteiger partial charge in [0, 0.05) is 17.5 Å². The maximum absolute atomic E-state index is 13.7. The van der Waals surface area contributed by atoms with E-state index < -0.39 is 62.3 Å². The molecule has 0 radical (unpaired) electrons. The molecule has 0 aliphatic rings. The van der Waals surface area contributed by atoms with Crippen LogP contribution in [0.2, 0.25) is 0 Å². The molecule has 0 aromatic carbocycles.